The van der Waals surface area contributed by atoms with E-state index in [0.717, 1.165) is 44.5 Å². The Kier molecular flexibility index (Phi) is 4.61. The first-order chi connectivity index (χ1) is 14.4. The second-order valence-corrected chi connectivity index (χ2v) is 8.23. The van der Waals surface area contributed by atoms with Gasteiger partial charge in [0.1, 0.15) is 5.69 Å². The monoisotopic (exact) mass is 414 g/mol. The van der Waals surface area contributed by atoms with E-state index in [0.29, 0.717) is 23.3 Å². The molecule has 0 aliphatic heterocycles. The molecule has 156 valence electrons. The van der Waals surface area contributed by atoms with Crippen molar-refractivity contribution >= 4 is 0 Å². The number of halogens is 3. The van der Waals surface area contributed by atoms with Crippen LogP contribution in [0.25, 0.3) is 11.5 Å². The van der Waals surface area contributed by atoms with E-state index in [2.05, 4.69) is 44.7 Å². The second kappa shape index (κ2) is 7.19. The molecule has 5 nitrogen and oxygen atoms in total. The summed E-state index contributed by atoms with van der Waals surface area (Å²) in [6.45, 7) is 0.769. The van der Waals surface area contributed by atoms with E-state index >= 15 is 0 Å². The smallest absolute Gasteiger partial charge is 0.334 e. The molecule has 3 aromatic rings. The van der Waals surface area contributed by atoms with E-state index in [1.165, 1.54) is 11.6 Å². The van der Waals surface area contributed by atoms with E-state index < -0.39 is 11.9 Å². The van der Waals surface area contributed by atoms with Gasteiger partial charge < -0.3 is 9.84 Å². The summed E-state index contributed by atoms with van der Waals surface area (Å²) in [5.74, 6) is 1.36. The normalized spacial score (nSPS) is 22.5. The molecular formula is C22H21F3N4O. The molecule has 2 aliphatic carbocycles. The van der Waals surface area contributed by atoms with Crippen molar-refractivity contribution in [3.05, 3.63) is 65.7 Å². The van der Waals surface area contributed by atoms with Gasteiger partial charge in [-0.15, -0.1) is 0 Å². The van der Waals surface area contributed by atoms with Crippen LogP contribution in [0.2, 0.25) is 0 Å². The highest BCUT2D eigenvalue weighted by Gasteiger charge is 2.46. The number of nitrogens with zero attached hydrogens (tertiary/aromatic N) is 3. The maximum Gasteiger partial charge on any atom is 0.433 e. The molecule has 1 unspecified atom stereocenters. The first kappa shape index (κ1) is 19.2. The Morgan fingerprint density at radius 1 is 1.10 bits per heavy atom. The highest BCUT2D eigenvalue weighted by Crippen LogP contribution is 2.45. The van der Waals surface area contributed by atoms with Gasteiger partial charge in [0.15, 0.2) is 5.82 Å². The maximum atomic E-state index is 12.7. The van der Waals surface area contributed by atoms with Gasteiger partial charge in [0.05, 0.1) is 5.56 Å². The zero-order valence-corrected chi connectivity index (χ0v) is 16.2. The molecule has 2 atom stereocenters. The van der Waals surface area contributed by atoms with Crippen LogP contribution in [0.4, 0.5) is 13.2 Å². The summed E-state index contributed by atoms with van der Waals surface area (Å²) in [7, 11) is 0. The van der Waals surface area contributed by atoms with Crippen molar-refractivity contribution in [2.45, 2.75) is 49.2 Å². The SMILES string of the molecule is FC(F)(F)c1ccc(-c2nc(C3(CNC4C[C@@H]4c4ccccc4)CCC3)no2)cn1. The van der Waals surface area contributed by atoms with Crippen LogP contribution in [-0.4, -0.2) is 27.7 Å². The lowest BCUT2D eigenvalue weighted by atomic mass is 9.68. The number of pyridine rings is 1. The van der Waals surface area contributed by atoms with Gasteiger partial charge in [-0.2, -0.15) is 18.2 Å². The van der Waals surface area contributed by atoms with Gasteiger partial charge in [0.25, 0.3) is 5.89 Å². The molecule has 0 saturated heterocycles. The van der Waals surface area contributed by atoms with Gasteiger partial charge >= 0.3 is 6.18 Å². The molecule has 0 radical (unpaired) electrons. The lowest BCUT2D eigenvalue weighted by Gasteiger charge is -2.39. The Morgan fingerprint density at radius 3 is 2.53 bits per heavy atom. The van der Waals surface area contributed by atoms with Crippen molar-refractivity contribution in [3.8, 4) is 11.5 Å². The second-order valence-electron chi connectivity index (χ2n) is 8.23. The topological polar surface area (TPSA) is 63.8 Å². The standard InChI is InChI=1S/C22H21F3N4O/c23-22(24,25)18-8-7-15(12-26-18)19-28-20(29-30-19)21(9-4-10-21)13-27-17-11-16(17)14-5-2-1-3-6-14/h1-3,5-8,12,16-17,27H,4,9-11,13H2/t16-,17?/m1/s1. The van der Waals surface area contributed by atoms with Crippen LogP contribution in [0.15, 0.2) is 53.2 Å². The molecular weight excluding hydrogens is 393 g/mol. The summed E-state index contributed by atoms with van der Waals surface area (Å²) in [5.41, 5.74) is 0.623. The Hall–Kier alpha value is -2.74. The highest BCUT2D eigenvalue weighted by atomic mass is 19.4. The van der Waals surface area contributed by atoms with E-state index in [4.69, 9.17) is 4.52 Å². The van der Waals surface area contributed by atoms with Crippen LogP contribution in [0.3, 0.4) is 0 Å². The minimum absolute atomic E-state index is 0.176. The number of nitrogens with one attached hydrogen (secondary N) is 1. The average molecular weight is 414 g/mol. The number of rotatable bonds is 6. The maximum absolute atomic E-state index is 12.7. The predicted molar refractivity (Wildman–Crippen MR) is 104 cm³/mol. The first-order valence-corrected chi connectivity index (χ1v) is 10.1. The molecule has 2 fully saturated rings. The van der Waals surface area contributed by atoms with Crippen molar-refractivity contribution in [2.24, 2.45) is 0 Å². The molecule has 0 bridgehead atoms. The molecule has 0 amide bonds. The molecule has 8 heteroatoms. The van der Waals surface area contributed by atoms with E-state index in [1.807, 2.05) is 6.07 Å². The average Bonchev–Trinajstić information content (AvgIpc) is 3.33. The zero-order valence-electron chi connectivity index (χ0n) is 16.2. The van der Waals surface area contributed by atoms with Crippen molar-refractivity contribution < 1.29 is 17.7 Å². The summed E-state index contributed by atoms with van der Waals surface area (Å²) in [6, 6.07) is 13.2. The number of aromatic nitrogens is 3. The van der Waals surface area contributed by atoms with Gasteiger partial charge in [-0.25, -0.2) is 0 Å². The molecule has 1 N–H and O–H groups in total. The van der Waals surface area contributed by atoms with E-state index in [-0.39, 0.29) is 11.3 Å². The van der Waals surface area contributed by atoms with Gasteiger partial charge in [0, 0.05) is 30.1 Å². The van der Waals surface area contributed by atoms with Crippen LogP contribution < -0.4 is 5.32 Å². The van der Waals surface area contributed by atoms with Crippen molar-refractivity contribution in [1.82, 2.24) is 20.4 Å². The predicted octanol–water partition coefficient (Wildman–Crippen LogP) is 4.72. The van der Waals surface area contributed by atoms with E-state index in [1.54, 1.807) is 0 Å². The third kappa shape index (κ3) is 3.60. The summed E-state index contributed by atoms with van der Waals surface area (Å²) in [4.78, 5) is 7.97. The van der Waals surface area contributed by atoms with Gasteiger partial charge in [0.2, 0.25) is 0 Å². The summed E-state index contributed by atoms with van der Waals surface area (Å²) >= 11 is 0. The van der Waals surface area contributed by atoms with Gasteiger partial charge in [-0.3, -0.25) is 4.98 Å². The summed E-state index contributed by atoms with van der Waals surface area (Å²) in [6.07, 6.45) is 0.802. The lowest BCUT2D eigenvalue weighted by Crippen LogP contribution is -2.45. The quantitative estimate of drug-likeness (QED) is 0.633. The highest BCUT2D eigenvalue weighted by molar-refractivity contribution is 5.51. The third-order valence-corrected chi connectivity index (χ3v) is 6.23. The molecule has 30 heavy (non-hydrogen) atoms. The Morgan fingerprint density at radius 2 is 1.90 bits per heavy atom. The summed E-state index contributed by atoms with van der Waals surface area (Å²) < 4.78 is 43.5. The first-order valence-electron chi connectivity index (χ1n) is 10.1. The fourth-order valence-electron chi connectivity index (χ4n) is 4.14. The molecule has 5 rings (SSSR count). The molecule has 2 aromatic heterocycles. The third-order valence-electron chi connectivity index (χ3n) is 6.23. The number of hydrogen-bond donors (Lipinski definition) is 1. The number of alkyl halides is 3. The van der Waals surface area contributed by atoms with Crippen LogP contribution in [0.1, 0.15) is 48.7 Å². The Bertz CT molecular complexity index is 1010. The van der Waals surface area contributed by atoms with Crippen molar-refractivity contribution in [2.75, 3.05) is 6.54 Å². The minimum atomic E-state index is -4.47. The van der Waals surface area contributed by atoms with Crippen LogP contribution >= 0.6 is 0 Å². The van der Waals surface area contributed by atoms with Crippen LogP contribution in [-0.2, 0) is 11.6 Å². The largest absolute Gasteiger partial charge is 0.433 e. The fraction of sp³-hybridized carbons (Fsp3) is 0.409. The van der Waals surface area contributed by atoms with Crippen molar-refractivity contribution in [3.63, 3.8) is 0 Å². The Balaban J connectivity index is 1.26. The van der Waals surface area contributed by atoms with Crippen LogP contribution in [0.5, 0.6) is 0 Å². The Labute approximate surface area is 171 Å². The van der Waals surface area contributed by atoms with E-state index in [9.17, 15) is 13.2 Å². The van der Waals surface area contributed by atoms with Gasteiger partial charge in [-0.05, 0) is 37.0 Å². The minimum Gasteiger partial charge on any atom is -0.334 e. The summed E-state index contributed by atoms with van der Waals surface area (Å²) in [5, 5.41) is 7.82. The van der Waals surface area contributed by atoms with Gasteiger partial charge in [-0.1, -0.05) is 41.9 Å². The molecule has 1 aromatic carbocycles. The molecule has 0 spiro atoms. The molecule has 2 saturated carbocycles. The van der Waals surface area contributed by atoms with Crippen LogP contribution in [0, 0.1) is 0 Å². The lowest BCUT2D eigenvalue weighted by molar-refractivity contribution is -0.141. The number of benzene rings is 1. The molecule has 2 heterocycles. The zero-order chi connectivity index (χ0) is 20.8. The number of hydrogen-bond acceptors (Lipinski definition) is 5. The van der Waals surface area contributed by atoms with Crippen molar-refractivity contribution in [1.29, 1.82) is 0 Å². The fourth-order valence-corrected chi connectivity index (χ4v) is 4.14. The molecule has 2 aliphatic rings.